The summed E-state index contributed by atoms with van der Waals surface area (Å²) in [4.78, 5) is 14.9. The molecule has 1 fully saturated rings. The number of amides is 1. The lowest BCUT2D eigenvalue weighted by atomic mass is 10.1. The highest BCUT2D eigenvalue weighted by Gasteiger charge is 2.30. The first-order chi connectivity index (χ1) is 12.5. The van der Waals surface area contributed by atoms with Crippen molar-refractivity contribution in [1.29, 1.82) is 0 Å². The Kier molecular flexibility index (Phi) is 5.91. The summed E-state index contributed by atoms with van der Waals surface area (Å²) in [6, 6.07) is 10.5. The van der Waals surface area contributed by atoms with Gasteiger partial charge in [0.1, 0.15) is 23.2 Å². The molecule has 1 atom stereocenters. The van der Waals surface area contributed by atoms with Gasteiger partial charge in [-0.3, -0.25) is 4.79 Å². The van der Waals surface area contributed by atoms with Crippen LogP contribution in [0.2, 0.25) is 10.0 Å². The van der Waals surface area contributed by atoms with Crippen LogP contribution in [0.1, 0.15) is 22.0 Å². The van der Waals surface area contributed by atoms with Crippen LogP contribution in [0.25, 0.3) is 0 Å². The summed E-state index contributed by atoms with van der Waals surface area (Å²) in [6.07, 6.45) is -0.301. The number of halogens is 2. The Balaban J connectivity index is 1.87. The molecule has 0 bridgehead atoms. The number of rotatable bonds is 4. The van der Waals surface area contributed by atoms with Gasteiger partial charge >= 0.3 is 0 Å². The zero-order valence-electron chi connectivity index (χ0n) is 14.5. The van der Waals surface area contributed by atoms with Crippen molar-refractivity contribution in [3.63, 3.8) is 0 Å². The fourth-order valence-corrected chi connectivity index (χ4v) is 3.56. The maximum Gasteiger partial charge on any atom is 0.261 e. The molecule has 26 heavy (non-hydrogen) atoms. The van der Waals surface area contributed by atoms with E-state index in [1.807, 2.05) is 0 Å². The maximum atomic E-state index is 13.1. The molecule has 138 valence electrons. The highest BCUT2D eigenvalue weighted by molar-refractivity contribution is 6.34. The molecule has 2 aromatic rings. The Labute approximate surface area is 162 Å². The molecule has 2 aromatic carbocycles. The number of hydrogen-bond donors (Lipinski definition) is 0. The minimum absolute atomic E-state index is 0.166. The number of methoxy groups -OCH3 is 2. The summed E-state index contributed by atoms with van der Waals surface area (Å²) in [6.45, 7) is 1.28. The van der Waals surface area contributed by atoms with Crippen molar-refractivity contribution in [1.82, 2.24) is 4.90 Å². The fraction of sp³-hybridized carbons (Fsp3) is 0.316. The van der Waals surface area contributed by atoms with Crippen molar-refractivity contribution in [2.24, 2.45) is 0 Å². The summed E-state index contributed by atoms with van der Waals surface area (Å²) in [5.41, 5.74) is 1.24. The number of carbonyl (C=O) groups is 1. The Hall–Kier alpha value is -1.95. The summed E-state index contributed by atoms with van der Waals surface area (Å²) in [5.74, 6) is 0.784. The first-order valence-electron chi connectivity index (χ1n) is 8.11. The van der Waals surface area contributed by atoms with Gasteiger partial charge in [0.05, 0.1) is 27.4 Å². The predicted molar refractivity (Wildman–Crippen MR) is 101 cm³/mol. The van der Waals surface area contributed by atoms with Crippen molar-refractivity contribution in [2.75, 3.05) is 33.9 Å². The minimum atomic E-state index is -0.301. The molecular weight excluding hydrogens is 377 g/mol. The van der Waals surface area contributed by atoms with Gasteiger partial charge in [0.15, 0.2) is 0 Å². The van der Waals surface area contributed by atoms with E-state index in [0.29, 0.717) is 46.8 Å². The van der Waals surface area contributed by atoms with Crippen LogP contribution in [0.15, 0.2) is 36.4 Å². The van der Waals surface area contributed by atoms with E-state index in [9.17, 15) is 4.79 Å². The molecule has 0 aliphatic carbocycles. The molecule has 1 aliphatic rings. The van der Waals surface area contributed by atoms with Crippen molar-refractivity contribution >= 4 is 29.1 Å². The minimum Gasteiger partial charge on any atom is -0.496 e. The van der Waals surface area contributed by atoms with E-state index in [0.717, 1.165) is 5.56 Å². The van der Waals surface area contributed by atoms with Crippen LogP contribution in [0, 0.1) is 0 Å². The Morgan fingerprint density at radius 3 is 2.31 bits per heavy atom. The van der Waals surface area contributed by atoms with E-state index in [1.54, 1.807) is 41.3 Å². The molecule has 1 saturated heterocycles. The molecule has 5 nitrogen and oxygen atoms in total. The van der Waals surface area contributed by atoms with Gasteiger partial charge in [-0.1, -0.05) is 29.3 Å². The van der Waals surface area contributed by atoms with Gasteiger partial charge in [-0.2, -0.15) is 0 Å². The second kappa shape index (κ2) is 8.16. The number of carbonyl (C=O) groups excluding carboxylic acids is 1. The van der Waals surface area contributed by atoms with Crippen LogP contribution < -0.4 is 9.47 Å². The molecule has 3 rings (SSSR count). The van der Waals surface area contributed by atoms with Crippen LogP contribution >= 0.6 is 23.2 Å². The van der Waals surface area contributed by atoms with Gasteiger partial charge in [0.2, 0.25) is 0 Å². The van der Waals surface area contributed by atoms with Gasteiger partial charge < -0.3 is 19.1 Å². The summed E-state index contributed by atoms with van der Waals surface area (Å²) >= 11 is 12.2. The standard InChI is InChI=1S/C19H19Cl2NO4/c1-24-15-4-3-5-16(25-2)18(15)19(23)22-6-7-26-17(11-22)12-8-13(20)10-14(21)9-12/h3-5,8-10,17H,6-7,11H2,1-2H3. The highest BCUT2D eigenvalue weighted by Crippen LogP contribution is 2.32. The average Bonchev–Trinajstić information content (AvgIpc) is 2.66. The van der Waals surface area contributed by atoms with Crippen LogP contribution in [-0.4, -0.2) is 44.7 Å². The Bertz CT molecular complexity index is 770. The lowest BCUT2D eigenvalue weighted by Gasteiger charge is -2.34. The van der Waals surface area contributed by atoms with E-state index in [2.05, 4.69) is 0 Å². The molecule has 7 heteroatoms. The lowest BCUT2D eigenvalue weighted by molar-refractivity contribution is -0.0229. The number of nitrogens with zero attached hydrogens (tertiary/aromatic N) is 1. The summed E-state index contributed by atoms with van der Waals surface area (Å²) in [5, 5.41) is 1.07. The molecule has 0 aromatic heterocycles. The third-order valence-corrected chi connectivity index (χ3v) is 4.69. The number of hydrogen-bond acceptors (Lipinski definition) is 4. The summed E-state index contributed by atoms with van der Waals surface area (Å²) in [7, 11) is 3.06. The van der Waals surface area contributed by atoms with Crippen LogP contribution in [0.4, 0.5) is 0 Å². The second-order valence-corrected chi connectivity index (χ2v) is 6.72. The molecule has 0 radical (unpaired) electrons. The van der Waals surface area contributed by atoms with Crippen LogP contribution in [-0.2, 0) is 4.74 Å². The molecule has 0 spiro atoms. The van der Waals surface area contributed by atoms with Crippen LogP contribution in [0.5, 0.6) is 11.5 Å². The monoisotopic (exact) mass is 395 g/mol. The smallest absolute Gasteiger partial charge is 0.261 e. The van der Waals surface area contributed by atoms with Crippen LogP contribution in [0.3, 0.4) is 0 Å². The number of benzene rings is 2. The van der Waals surface area contributed by atoms with E-state index in [1.165, 1.54) is 14.2 Å². The largest absolute Gasteiger partial charge is 0.496 e. The van der Waals surface area contributed by atoms with Crippen molar-refractivity contribution < 1.29 is 19.0 Å². The Morgan fingerprint density at radius 2 is 1.73 bits per heavy atom. The zero-order chi connectivity index (χ0) is 18.7. The van der Waals surface area contributed by atoms with Gasteiger partial charge in [-0.05, 0) is 35.9 Å². The van der Waals surface area contributed by atoms with Gasteiger partial charge in [-0.15, -0.1) is 0 Å². The first-order valence-corrected chi connectivity index (χ1v) is 8.87. The van der Waals surface area contributed by atoms with E-state index < -0.39 is 0 Å². The SMILES string of the molecule is COc1cccc(OC)c1C(=O)N1CCOC(c2cc(Cl)cc(Cl)c2)C1. The number of ether oxygens (including phenoxy) is 3. The molecule has 1 heterocycles. The topological polar surface area (TPSA) is 48.0 Å². The molecule has 0 N–H and O–H groups in total. The van der Waals surface area contributed by atoms with Gasteiger partial charge in [0.25, 0.3) is 5.91 Å². The third kappa shape index (κ3) is 3.90. The Morgan fingerprint density at radius 1 is 1.12 bits per heavy atom. The molecule has 1 aliphatic heterocycles. The molecular formula is C19H19Cl2NO4. The fourth-order valence-electron chi connectivity index (χ4n) is 3.02. The van der Waals surface area contributed by atoms with Crippen molar-refractivity contribution in [3.8, 4) is 11.5 Å². The van der Waals surface area contributed by atoms with E-state index in [-0.39, 0.29) is 12.0 Å². The third-order valence-electron chi connectivity index (χ3n) is 4.25. The van der Waals surface area contributed by atoms with Gasteiger partial charge in [-0.25, -0.2) is 0 Å². The van der Waals surface area contributed by atoms with Gasteiger partial charge in [0, 0.05) is 16.6 Å². The molecule has 1 amide bonds. The normalized spacial score (nSPS) is 17.1. The van der Waals surface area contributed by atoms with E-state index in [4.69, 9.17) is 37.4 Å². The number of morpholine rings is 1. The summed E-state index contributed by atoms with van der Waals surface area (Å²) < 4.78 is 16.5. The molecule has 1 unspecified atom stereocenters. The predicted octanol–water partition coefficient (Wildman–Crippen LogP) is 4.22. The van der Waals surface area contributed by atoms with Crippen molar-refractivity contribution in [2.45, 2.75) is 6.10 Å². The van der Waals surface area contributed by atoms with Crippen molar-refractivity contribution in [3.05, 3.63) is 57.6 Å². The molecule has 0 saturated carbocycles. The zero-order valence-corrected chi connectivity index (χ0v) is 16.0. The average molecular weight is 396 g/mol. The van der Waals surface area contributed by atoms with E-state index >= 15 is 0 Å². The maximum absolute atomic E-state index is 13.1. The first kappa shape index (κ1) is 18.8. The quantitative estimate of drug-likeness (QED) is 0.777. The lowest BCUT2D eigenvalue weighted by Crippen LogP contribution is -2.42. The highest BCUT2D eigenvalue weighted by atomic mass is 35.5. The second-order valence-electron chi connectivity index (χ2n) is 5.85.